The van der Waals surface area contributed by atoms with Crippen molar-refractivity contribution in [3.05, 3.63) is 59.7 Å². The van der Waals surface area contributed by atoms with Gasteiger partial charge in [0.1, 0.15) is 0 Å². The van der Waals surface area contributed by atoms with Crippen molar-refractivity contribution >= 4 is 12.0 Å². The molecule has 0 bridgehead atoms. The summed E-state index contributed by atoms with van der Waals surface area (Å²) in [4.78, 5) is 22.1. The van der Waals surface area contributed by atoms with Gasteiger partial charge in [-0.05, 0) is 35.6 Å². The van der Waals surface area contributed by atoms with E-state index in [-0.39, 0.29) is 12.5 Å². The molecule has 24 heavy (non-hydrogen) atoms. The van der Waals surface area contributed by atoms with E-state index in [1.54, 1.807) is 0 Å². The van der Waals surface area contributed by atoms with Crippen molar-refractivity contribution in [1.82, 2.24) is 10.6 Å². The van der Waals surface area contributed by atoms with E-state index in [4.69, 9.17) is 5.11 Å². The Kier molecular flexibility index (Phi) is 6.37. The van der Waals surface area contributed by atoms with E-state index in [0.717, 1.165) is 11.1 Å². The van der Waals surface area contributed by atoms with Crippen LogP contribution in [0.3, 0.4) is 0 Å². The summed E-state index contributed by atoms with van der Waals surface area (Å²) in [7, 11) is 0. The molecule has 0 aliphatic rings. The molecule has 126 valence electrons. The van der Waals surface area contributed by atoms with E-state index in [1.807, 2.05) is 24.3 Å². The molecular weight excluding hydrogens is 304 g/mol. The van der Waals surface area contributed by atoms with Gasteiger partial charge in [0.25, 0.3) is 0 Å². The maximum atomic E-state index is 11.7. The molecule has 2 rings (SSSR count). The smallest absolute Gasteiger partial charge is 0.315 e. The van der Waals surface area contributed by atoms with Crippen LogP contribution in [0.4, 0.5) is 4.79 Å². The average Bonchev–Trinajstić information content (AvgIpc) is 2.57. The van der Waals surface area contributed by atoms with Gasteiger partial charge in [0, 0.05) is 19.5 Å². The molecule has 0 fully saturated rings. The van der Waals surface area contributed by atoms with Crippen LogP contribution in [-0.4, -0.2) is 23.7 Å². The molecule has 0 spiro atoms. The standard InChI is InChI=1S/C19H22N2O3/c1-14-12-15(9-10-17(14)16-6-3-2-4-7-16)13-21-19(24)20-11-5-8-18(22)23/h2-4,6-7,9-10,12H,5,8,11,13H2,1H3,(H,22,23)(H2,20,21,24). The van der Waals surface area contributed by atoms with Crippen LogP contribution in [-0.2, 0) is 11.3 Å². The molecule has 0 radical (unpaired) electrons. The zero-order valence-corrected chi connectivity index (χ0v) is 13.7. The Hall–Kier alpha value is -2.82. The van der Waals surface area contributed by atoms with Gasteiger partial charge in [0.2, 0.25) is 0 Å². The van der Waals surface area contributed by atoms with Gasteiger partial charge >= 0.3 is 12.0 Å². The van der Waals surface area contributed by atoms with E-state index in [1.165, 1.54) is 11.1 Å². The number of hydrogen-bond acceptors (Lipinski definition) is 2. The summed E-state index contributed by atoms with van der Waals surface area (Å²) >= 11 is 0. The lowest BCUT2D eigenvalue weighted by Crippen LogP contribution is -2.35. The Labute approximate surface area is 141 Å². The number of hydrogen-bond donors (Lipinski definition) is 3. The number of aryl methyl sites for hydroxylation is 1. The van der Waals surface area contributed by atoms with Crippen LogP contribution < -0.4 is 10.6 Å². The Balaban J connectivity index is 1.84. The van der Waals surface area contributed by atoms with Crippen LogP contribution >= 0.6 is 0 Å². The van der Waals surface area contributed by atoms with Gasteiger partial charge in [-0.3, -0.25) is 4.79 Å². The van der Waals surface area contributed by atoms with Crippen LogP contribution in [0.2, 0.25) is 0 Å². The highest BCUT2D eigenvalue weighted by Crippen LogP contribution is 2.23. The molecule has 2 aromatic carbocycles. The summed E-state index contributed by atoms with van der Waals surface area (Å²) in [6, 6.07) is 16.0. The number of nitrogens with one attached hydrogen (secondary N) is 2. The van der Waals surface area contributed by atoms with Crippen molar-refractivity contribution in [3.8, 4) is 11.1 Å². The fourth-order valence-corrected chi connectivity index (χ4v) is 2.46. The maximum Gasteiger partial charge on any atom is 0.315 e. The average molecular weight is 326 g/mol. The zero-order chi connectivity index (χ0) is 17.4. The number of aliphatic carboxylic acids is 1. The van der Waals surface area contributed by atoms with Crippen LogP contribution in [0.25, 0.3) is 11.1 Å². The van der Waals surface area contributed by atoms with Crippen molar-refractivity contribution in [3.63, 3.8) is 0 Å². The highest BCUT2D eigenvalue weighted by atomic mass is 16.4. The SMILES string of the molecule is Cc1cc(CNC(=O)NCCCC(=O)O)ccc1-c1ccccc1. The van der Waals surface area contributed by atoms with Crippen molar-refractivity contribution in [2.24, 2.45) is 0 Å². The van der Waals surface area contributed by atoms with E-state index in [0.29, 0.717) is 19.5 Å². The van der Waals surface area contributed by atoms with Crippen molar-refractivity contribution in [2.75, 3.05) is 6.54 Å². The third-order valence-electron chi connectivity index (χ3n) is 3.68. The first-order valence-corrected chi connectivity index (χ1v) is 7.94. The zero-order valence-electron chi connectivity index (χ0n) is 13.7. The van der Waals surface area contributed by atoms with Gasteiger partial charge in [-0.15, -0.1) is 0 Å². The molecule has 3 N–H and O–H groups in total. The predicted molar refractivity (Wildman–Crippen MR) is 93.7 cm³/mol. The van der Waals surface area contributed by atoms with Gasteiger partial charge in [0.05, 0.1) is 0 Å². The summed E-state index contributed by atoms with van der Waals surface area (Å²) in [6.45, 7) is 2.84. The minimum atomic E-state index is -0.855. The molecule has 0 atom stereocenters. The third-order valence-corrected chi connectivity index (χ3v) is 3.68. The molecular formula is C19H22N2O3. The van der Waals surface area contributed by atoms with Gasteiger partial charge in [-0.1, -0.05) is 48.5 Å². The number of carboxylic acid groups (broad SMARTS) is 1. The van der Waals surface area contributed by atoms with Crippen molar-refractivity contribution in [1.29, 1.82) is 0 Å². The van der Waals surface area contributed by atoms with Crippen LogP contribution in [0.15, 0.2) is 48.5 Å². The number of urea groups is 1. The Morgan fingerprint density at radius 2 is 1.79 bits per heavy atom. The largest absolute Gasteiger partial charge is 0.481 e. The molecule has 5 heteroatoms. The molecule has 0 aliphatic carbocycles. The van der Waals surface area contributed by atoms with E-state index < -0.39 is 5.97 Å². The molecule has 5 nitrogen and oxygen atoms in total. The van der Waals surface area contributed by atoms with Crippen LogP contribution in [0.1, 0.15) is 24.0 Å². The number of benzene rings is 2. The Bertz CT molecular complexity index is 699. The number of carbonyl (C=O) groups is 2. The first-order valence-electron chi connectivity index (χ1n) is 7.94. The fourth-order valence-electron chi connectivity index (χ4n) is 2.46. The van der Waals surface area contributed by atoms with Gasteiger partial charge in [0.15, 0.2) is 0 Å². The van der Waals surface area contributed by atoms with Crippen LogP contribution in [0.5, 0.6) is 0 Å². The van der Waals surface area contributed by atoms with E-state index >= 15 is 0 Å². The minimum absolute atomic E-state index is 0.0560. The maximum absolute atomic E-state index is 11.7. The van der Waals surface area contributed by atoms with Gasteiger partial charge in [-0.25, -0.2) is 4.79 Å². The lowest BCUT2D eigenvalue weighted by atomic mass is 9.98. The third kappa shape index (κ3) is 5.43. The Morgan fingerprint density at radius 1 is 1.04 bits per heavy atom. The summed E-state index contributed by atoms with van der Waals surface area (Å²) in [5.41, 5.74) is 4.53. The summed E-state index contributed by atoms with van der Waals surface area (Å²) in [6.07, 6.45) is 0.480. The number of carboxylic acids is 1. The fraction of sp³-hybridized carbons (Fsp3) is 0.263. The molecule has 0 heterocycles. The van der Waals surface area contributed by atoms with Gasteiger partial charge in [-0.2, -0.15) is 0 Å². The second-order valence-corrected chi connectivity index (χ2v) is 5.62. The monoisotopic (exact) mass is 326 g/mol. The normalized spacial score (nSPS) is 10.2. The van der Waals surface area contributed by atoms with Gasteiger partial charge < -0.3 is 15.7 Å². The first kappa shape index (κ1) is 17.5. The summed E-state index contributed by atoms with van der Waals surface area (Å²) in [5.74, 6) is -0.855. The molecule has 0 aromatic heterocycles. The lowest BCUT2D eigenvalue weighted by molar-refractivity contribution is -0.137. The number of carbonyl (C=O) groups excluding carboxylic acids is 1. The Morgan fingerprint density at radius 3 is 2.46 bits per heavy atom. The van der Waals surface area contributed by atoms with Crippen molar-refractivity contribution in [2.45, 2.75) is 26.3 Å². The second kappa shape index (κ2) is 8.72. The topological polar surface area (TPSA) is 78.4 Å². The quantitative estimate of drug-likeness (QED) is 0.683. The van der Waals surface area contributed by atoms with E-state index in [2.05, 4.69) is 41.8 Å². The summed E-state index contributed by atoms with van der Waals surface area (Å²) < 4.78 is 0. The minimum Gasteiger partial charge on any atom is -0.481 e. The number of amides is 2. The molecule has 2 amide bonds. The second-order valence-electron chi connectivity index (χ2n) is 5.62. The molecule has 0 aliphatic heterocycles. The highest BCUT2D eigenvalue weighted by molar-refractivity contribution is 5.74. The molecule has 0 saturated heterocycles. The lowest BCUT2D eigenvalue weighted by Gasteiger charge is -2.10. The predicted octanol–water partition coefficient (Wildman–Crippen LogP) is 3.33. The first-order chi connectivity index (χ1) is 11.6. The molecule has 2 aromatic rings. The summed E-state index contributed by atoms with van der Waals surface area (Å²) in [5, 5.41) is 14.0. The van der Waals surface area contributed by atoms with Crippen molar-refractivity contribution < 1.29 is 14.7 Å². The van der Waals surface area contributed by atoms with E-state index in [9.17, 15) is 9.59 Å². The molecule has 0 unspecified atom stereocenters. The molecule has 0 saturated carbocycles. The van der Waals surface area contributed by atoms with Crippen LogP contribution in [0, 0.1) is 6.92 Å². The highest BCUT2D eigenvalue weighted by Gasteiger charge is 2.05. The number of rotatable bonds is 7.